The van der Waals surface area contributed by atoms with Gasteiger partial charge in [0.15, 0.2) is 0 Å². The Bertz CT molecular complexity index is 165. The van der Waals surface area contributed by atoms with E-state index in [4.69, 9.17) is 11.6 Å². The molecule has 0 saturated carbocycles. The molecule has 3 nitrogen and oxygen atoms in total. The highest BCUT2D eigenvalue weighted by Gasteiger charge is 2.15. The maximum Gasteiger partial charge on any atom is 0.215 e. The van der Waals surface area contributed by atoms with E-state index >= 15 is 0 Å². The molecule has 1 atom stereocenters. The molecule has 9 heavy (non-hydrogen) atoms. The van der Waals surface area contributed by atoms with Gasteiger partial charge in [0.25, 0.3) is 0 Å². The van der Waals surface area contributed by atoms with Gasteiger partial charge in [0.2, 0.25) is 10.0 Å². The monoisotopic (exact) mass is 171 g/mol. The van der Waals surface area contributed by atoms with E-state index in [9.17, 15) is 8.42 Å². The first-order valence-corrected chi connectivity index (χ1v) is 4.61. The lowest BCUT2D eigenvalue weighted by atomic mass is 10.6. The van der Waals surface area contributed by atoms with Crippen molar-refractivity contribution in [2.75, 3.05) is 12.9 Å². The van der Waals surface area contributed by atoms with Crippen LogP contribution >= 0.6 is 11.6 Å². The summed E-state index contributed by atoms with van der Waals surface area (Å²) in [5.74, 6) is 0.128. The van der Waals surface area contributed by atoms with E-state index in [0.717, 1.165) is 0 Å². The summed E-state index contributed by atoms with van der Waals surface area (Å²) in [5, 5.41) is -0.510. The fourth-order valence-electron chi connectivity index (χ4n) is 0.284. The summed E-state index contributed by atoms with van der Waals surface area (Å²) < 4.78 is 23.6. The third-order valence-electron chi connectivity index (χ3n) is 1.03. The normalized spacial score (nSPS) is 15.4. The van der Waals surface area contributed by atoms with Gasteiger partial charge in [0.05, 0.1) is 5.25 Å². The third kappa shape index (κ3) is 2.51. The molecule has 0 fully saturated rings. The molecule has 0 aliphatic rings. The molecular formula is C4H10ClNO2S. The number of nitrogens with one attached hydrogen (secondary N) is 1. The second-order valence-corrected chi connectivity index (χ2v) is 4.33. The minimum absolute atomic E-state index is 0.128. The van der Waals surface area contributed by atoms with E-state index < -0.39 is 15.3 Å². The van der Waals surface area contributed by atoms with Crippen molar-refractivity contribution in [1.29, 1.82) is 0 Å². The number of rotatable bonds is 3. The predicted molar refractivity (Wildman–Crippen MR) is 38.2 cm³/mol. The highest BCUT2D eigenvalue weighted by atomic mass is 35.5. The summed E-state index contributed by atoms with van der Waals surface area (Å²) in [6, 6.07) is 0. The Morgan fingerprint density at radius 1 is 1.67 bits per heavy atom. The van der Waals surface area contributed by atoms with Gasteiger partial charge in [-0.3, -0.25) is 0 Å². The van der Waals surface area contributed by atoms with Crippen molar-refractivity contribution in [2.24, 2.45) is 0 Å². The fourth-order valence-corrected chi connectivity index (χ4v) is 1.35. The topological polar surface area (TPSA) is 46.2 Å². The first kappa shape index (κ1) is 9.20. The lowest BCUT2D eigenvalue weighted by Gasteiger charge is -2.05. The van der Waals surface area contributed by atoms with Gasteiger partial charge in [-0.25, -0.2) is 13.1 Å². The molecule has 0 aromatic heterocycles. The van der Waals surface area contributed by atoms with Crippen molar-refractivity contribution < 1.29 is 8.42 Å². The van der Waals surface area contributed by atoms with Crippen molar-refractivity contribution in [3.8, 4) is 0 Å². The average molecular weight is 172 g/mol. The zero-order chi connectivity index (χ0) is 7.49. The van der Waals surface area contributed by atoms with Crippen molar-refractivity contribution in [3.63, 3.8) is 0 Å². The van der Waals surface area contributed by atoms with Crippen LogP contribution in [0.1, 0.15) is 6.92 Å². The van der Waals surface area contributed by atoms with Gasteiger partial charge < -0.3 is 0 Å². The summed E-state index contributed by atoms with van der Waals surface area (Å²) in [6.45, 7) is 1.55. The van der Waals surface area contributed by atoms with Crippen LogP contribution in [0.15, 0.2) is 0 Å². The largest absolute Gasteiger partial charge is 0.218 e. The molecule has 0 spiro atoms. The molecule has 0 aliphatic heterocycles. The zero-order valence-corrected chi connectivity index (χ0v) is 6.96. The minimum Gasteiger partial charge on any atom is -0.218 e. The van der Waals surface area contributed by atoms with Gasteiger partial charge in [-0.15, -0.1) is 11.6 Å². The van der Waals surface area contributed by atoms with Crippen LogP contribution < -0.4 is 4.72 Å². The van der Waals surface area contributed by atoms with Crippen molar-refractivity contribution in [1.82, 2.24) is 4.72 Å². The van der Waals surface area contributed by atoms with Gasteiger partial charge in [0, 0.05) is 5.88 Å². The smallest absolute Gasteiger partial charge is 0.215 e. The quantitative estimate of drug-likeness (QED) is 0.616. The predicted octanol–water partition coefficient (Wildman–Crippen LogP) is 0.163. The van der Waals surface area contributed by atoms with Crippen LogP contribution in [0.3, 0.4) is 0 Å². The van der Waals surface area contributed by atoms with Crippen LogP contribution in [0.2, 0.25) is 0 Å². The summed E-state index contributed by atoms with van der Waals surface area (Å²) in [6.07, 6.45) is 0. The minimum atomic E-state index is -3.13. The Kier molecular flexibility index (Phi) is 3.46. The average Bonchev–Trinajstić information content (AvgIpc) is 1.86. The third-order valence-corrected chi connectivity index (χ3v) is 3.47. The van der Waals surface area contributed by atoms with Crippen LogP contribution in [0.25, 0.3) is 0 Å². The zero-order valence-electron chi connectivity index (χ0n) is 5.39. The number of alkyl halides is 1. The molecule has 56 valence electrons. The maximum absolute atomic E-state index is 10.7. The number of sulfonamides is 1. The molecule has 5 heteroatoms. The molecule has 0 aromatic carbocycles. The second-order valence-electron chi connectivity index (χ2n) is 1.71. The first-order chi connectivity index (χ1) is 4.04. The van der Waals surface area contributed by atoms with E-state index in [0.29, 0.717) is 0 Å². The SMILES string of the molecule is CNS(=O)(=O)C(C)CCl. The van der Waals surface area contributed by atoms with Crippen LogP contribution in [-0.2, 0) is 10.0 Å². The highest BCUT2D eigenvalue weighted by Crippen LogP contribution is 1.98. The highest BCUT2D eigenvalue weighted by molar-refractivity contribution is 7.90. The van der Waals surface area contributed by atoms with Crippen molar-refractivity contribution >= 4 is 21.6 Å². The van der Waals surface area contributed by atoms with Gasteiger partial charge in [0.1, 0.15) is 0 Å². The summed E-state index contributed by atoms with van der Waals surface area (Å²) in [5.41, 5.74) is 0. The molecule has 0 aromatic rings. The van der Waals surface area contributed by atoms with Crippen LogP contribution in [0, 0.1) is 0 Å². The molecule has 0 bridgehead atoms. The Hall–Kier alpha value is 0.200. The standard InChI is InChI=1S/C4H10ClNO2S/c1-4(3-5)9(7,8)6-2/h4,6H,3H2,1-2H3. The maximum atomic E-state index is 10.7. The van der Waals surface area contributed by atoms with Gasteiger partial charge in [-0.1, -0.05) is 0 Å². The van der Waals surface area contributed by atoms with Crippen molar-refractivity contribution in [2.45, 2.75) is 12.2 Å². The van der Waals surface area contributed by atoms with E-state index in [1.807, 2.05) is 0 Å². The first-order valence-electron chi connectivity index (χ1n) is 2.53. The molecule has 0 aliphatic carbocycles. The molecule has 1 unspecified atom stereocenters. The lowest BCUT2D eigenvalue weighted by Crippen LogP contribution is -2.30. The number of hydrogen-bond acceptors (Lipinski definition) is 2. The number of hydrogen-bond donors (Lipinski definition) is 1. The molecule has 0 saturated heterocycles. The van der Waals surface area contributed by atoms with E-state index in [1.165, 1.54) is 7.05 Å². The summed E-state index contributed by atoms with van der Waals surface area (Å²) >= 11 is 5.30. The Morgan fingerprint density at radius 3 is 2.22 bits per heavy atom. The van der Waals surface area contributed by atoms with Gasteiger partial charge in [-0.2, -0.15) is 0 Å². The van der Waals surface area contributed by atoms with Gasteiger partial charge >= 0.3 is 0 Å². The molecule has 0 radical (unpaired) electrons. The van der Waals surface area contributed by atoms with E-state index in [1.54, 1.807) is 6.92 Å². The van der Waals surface area contributed by atoms with Crippen molar-refractivity contribution in [3.05, 3.63) is 0 Å². The summed E-state index contributed by atoms with van der Waals surface area (Å²) in [4.78, 5) is 0. The molecule has 1 N–H and O–H groups in total. The Labute approximate surface area is 60.4 Å². The molecular weight excluding hydrogens is 162 g/mol. The summed E-state index contributed by atoms with van der Waals surface area (Å²) in [7, 11) is -1.76. The molecule has 0 heterocycles. The molecule has 0 rings (SSSR count). The lowest BCUT2D eigenvalue weighted by molar-refractivity contribution is 0.579. The van der Waals surface area contributed by atoms with Crippen LogP contribution in [0.4, 0.5) is 0 Å². The van der Waals surface area contributed by atoms with Gasteiger partial charge in [-0.05, 0) is 14.0 Å². The Morgan fingerprint density at radius 2 is 2.11 bits per heavy atom. The van der Waals surface area contributed by atoms with Crippen LogP contribution in [-0.4, -0.2) is 26.6 Å². The van der Waals surface area contributed by atoms with E-state index in [-0.39, 0.29) is 5.88 Å². The van der Waals surface area contributed by atoms with Crippen LogP contribution in [0.5, 0.6) is 0 Å². The Balaban J connectivity index is 4.17. The van der Waals surface area contributed by atoms with E-state index in [2.05, 4.69) is 4.72 Å². The fraction of sp³-hybridized carbons (Fsp3) is 1.00. The second kappa shape index (κ2) is 3.39. The number of halogens is 1. The molecule has 0 amide bonds.